The molecule has 0 saturated carbocycles. The van der Waals surface area contributed by atoms with E-state index in [1.807, 2.05) is 6.92 Å². The van der Waals surface area contributed by atoms with Crippen molar-refractivity contribution in [2.24, 2.45) is 11.7 Å². The molecule has 1 saturated heterocycles. The number of sulfonamides is 1. The first-order valence-electron chi connectivity index (χ1n) is 7.75. The van der Waals surface area contributed by atoms with Crippen LogP contribution in [0.3, 0.4) is 0 Å². The van der Waals surface area contributed by atoms with Crippen LogP contribution < -0.4 is 5.73 Å². The van der Waals surface area contributed by atoms with Crippen molar-refractivity contribution in [3.05, 3.63) is 29.8 Å². The third-order valence-corrected chi connectivity index (χ3v) is 6.14. The minimum absolute atomic E-state index is 0. The van der Waals surface area contributed by atoms with Crippen LogP contribution in [0.2, 0.25) is 0 Å². The lowest BCUT2D eigenvalue weighted by atomic mass is 9.93. The summed E-state index contributed by atoms with van der Waals surface area (Å²) in [5.41, 5.74) is 6.38. The Balaban J connectivity index is 0.00000264. The van der Waals surface area contributed by atoms with Crippen molar-refractivity contribution in [1.82, 2.24) is 4.31 Å². The van der Waals surface area contributed by atoms with Crippen LogP contribution in [0.5, 0.6) is 0 Å². The van der Waals surface area contributed by atoms with Crippen molar-refractivity contribution >= 4 is 28.2 Å². The van der Waals surface area contributed by atoms with Gasteiger partial charge in [0.1, 0.15) is 0 Å². The Labute approximate surface area is 144 Å². The average molecular weight is 361 g/mol. The lowest BCUT2D eigenvalue weighted by molar-refractivity contribution is 0.0988. The molecule has 130 valence electrons. The van der Waals surface area contributed by atoms with Gasteiger partial charge < -0.3 is 5.73 Å². The molecule has 0 bridgehead atoms. The number of carbonyl (C=O) groups excluding carboxylic acids is 1. The lowest BCUT2D eigenvalue weighted by Crippen LogP contribution is -2.44. The number of piperidine rings is 1. The minimum atomic E-state index is -3.57. The summed E-state index contributed by atoms with van der Waals surface area (Å²) < 4.78 is 27.1. The summed E-state index contributed by atoms with van der Waals surface area (Å²) in [7, 11) is -3.57. The molecule has 0 spiro atoms. The number of halogens is 1. The molecule has 2 unspecified atom stereocenters. The number of rotatable bonds is 5. The second kappa shape index (κ2) is 8.24. The van der Waals surface area contributed by atoms with Crippen molar-refractivity contribution in [3.63, 3.8) is 0 Å². The largest absolute Gasteiger partial charge is 0.328 e. The lowest BCUT2D eigenvalue weighted by Gasteiger charge is -2.33. The van der Waals surface area contributed by atoms with E-state index in [0.29, 0.717) is 25.1 Å². The van der Waals surface area contributed by atoms with E-state index in [2.05, 4.69) is 0 Å². The summed E-state index contributed by atoms with van der Waals surface area (Å²) >= 11 is 0. The first kappa shape index (κ1) is 20.1. The van der Waals surface area contributed by atoms with Crippen molar-refractivity contribution in [3.8, 4) is 0 Å². The highest BCUT2D eigenvalue weighted by Crippen LogP contribution is 2.25. The van der Waals surface area contributed by atoms with Crippen LogP contribution in [-0.4, -0.2) is 37.6 Å². The standard InChI is InChI=1S/C16H24N2O3S.ClH/c1-3-16(19)13-6-4-8-15(10-13)22(20,21)18-9-5-7-14(11-18)12(2)17;/h4,6,8,10,12,14H,3,5,7,9,11,17H2,1-2H3;1H. The second-order valence-corrected chi connectivity index (χ2v) is 7.87. The molecule has 1 aromatic carbocycles. The van der Waals surface area contributed by atoms with Gasteiger partial charge in [-0.15, -0.1) is 12.4 Å². The summed E-state index contributed by atoms with van der Waals surface area (Å²) in [5, 5.41) is 0. The maximum absolute atomic E-state index is 12.8. The summed E-state index contributed by atoms with van der Waals surface area (Å²) in [6, 6.07) is 6.30. The minimum Gasteiger partial charge on any atom is -0.328 e. The number of nitrogens with two attached hydrogens (primary N) is 1. The molecule has 1 heterocycles. The first-order valence-corrected chi connectivity index (χ1v) is 9.19. The molecule has 0 aromatic heterocycles. The third-order valence-electron chi connectivity index (χ3n) is 4.28. The van der Waals surface area contributed by atoms with E-state index >= 15 is 0 Å². The van der Waals surface area contributed by atoms with E-state index in [1.165, 1.54) is 10.4 Å². The van der Waals surface area contributed by atoms with Crippen molar-refractivity contribution in [2.45, 2.75) is 44.0 Å². The van der Waals surface area contributed by atoms with Crippen LogP contribution in [0.1, 0.15) is 43.5 Å². The molecule has 1 aliphatic heterocycles. The number of Topliss-reactive ketones (excluding diaryl/α,β-unsaturated/α-hetero) is 1. The highest BCUT2D eigenvalue weighted by molar-refractivity contribution is 7.89. The molecule has 0 radical (unpaired) electrons. The van der Waals surface area contributed by atoms with Gasteiger partial charge in [-0.3, -0.25) is 4.79 Å². The number of benzene rings is 1. The fourth-order valence-electron chi connectivity index (χ4n) is 2.80. The maximum Gasteiger partial charge on any atom is 0.243 e. The van der Waals surface area contributed by atoms with E-state index in [-0.39, 0.29) is 35.0 Å². The summed E-state index contributed by atoms with van der Waals surface area (Å²) in [5.74, 6) is 0.133. The van der Waals surface area contributed by atoms with Crippen LogP contribution >= 0.6 is 12.4 Å². The van der Waals surface area contributed by atoms with Gasteiger partial charge in [0.15, 0.2) is 5.78 Å². The van der Waals surface area contributed by atoms with Crippen LogP contribution in [0.4, 0.5) is 0 Å². The molecule has 2 atom stereocenters. The molecule has 1 aliphatic rings. The molecule has 2 N–H and O–H groups in total. The van der Waals surface area contributed by atoms with Gasteiger partial charge >= 0.3 is 0 Å². The highest BCUT2D eigenvalue weighted by Gasteiger charge is 2.31. The second-order valence-electron chi connectivity index (χ2n) is 5.93. The highest BCUT2D eigenvalue weighted by atomic mass is 35.5. The van der Waals surface area contributed by atoms with Crippen LogP contribution in [0.25, 0.3) is 0 Å². The van der Waals surface area contributed by atoms with E-state index in [1.54, 1.807) is 25.1 Å². The first-order chi connectivity index (χ1) is 10.4. The van der Waals surface area contributed by atoms with Gasteiger partial charge in [0.2, 0.25) is 10.0 Å². The fourth-order valence-corrected chi connectivity index (χ4v) is 4.39. The quantitative estimate of drug-likeness (QED) is 0.818. The van der Waals surface area contributed by atoms with Gasteiger partial charge in [-0.05, 0) is 37.8 Å². The zero-order valence-electron chi connectivity index (χ0n) is 13.6. The van der Waals surface area contributed by atoms with Gasteiger partial charge in [-0.1, -0.05) is 19.1 Å². The van der Waals surface area contributed by atoms with Gasteiger partial charge in [-0.2, -0.15) is 4.31 Å². The molecular weight excluding hydrogens is 336 g/mol. The molecule has 2 rings (SSSR count). The van der Waals surface area contributed by atoms with Gasteiger partial charge in [0, 0.05) is 31.1 Å². The molecule has 1 fully saturated rings. The number of hydrogen-bond acceptors (Lipinski definition) is 4. The normalized spacial score (nSPS) is 20.6. The Bertz CT molecular complexity index is 646. The smallest absolute Gasteiger partial charge is 0.243 e. The van der Waals surface area contributed by atoms with Crippen molar-refractivity contribution in [2.75, 3.05) is 13.1 Å². The number of hydrogen-bond donors (Lipinski definition) is 1. The number of nitrogens with zero attached hydrogens (tertiary/aromatic N) is 1. The van der Waals surface area contributed by atoms with Gasteiger partial charge in [0.25, 0.3) is 0 Å². The molecule has 23 heavy (non-hydrogen) atoms. The Morgan fingerprint density at radius 3 is 2.74 bits per heavy atom. The zero-order valence-corrected chi connectivity index (χ0v) is 15.2. The maximum atomic E-state index is 12.8. The average Bonchev–Trinajstić information content (AvgIpc) is 2.54. The predicted octanol–water partition coefficient (Wildman–Crippen LogP) is 2.45. The molecule has 7 heteroatoms. The summed E-state index contributed by atoms with van der Waals surface area (Å²) in [4.78, 5) is 12.0. The molecule has 1 aromatic rings. The summed E-state index contributed by atoms with van der Waals surface area (Å²) in [6.45, 7) is 4.64. The Hall–Kier alpha value is -0.950. The molecule has 0 amide bonds. The zero-order chi connectivity index (χ0) is 16.3. The molecule has 0 aliphatic carbocycles. The molecule has 5 nitrogen and oxygen atoms in total. The topological polar surface area (TPSA) is 80.5 Å². The monoisotopic (exact) mass is 360 g/mol. The van der Waals surface area contributed by atoms with Crippen LogP contribution in [-0.2, 0) is 10.0 Å². The van der Waals surface area contributed by atoms with Gasteiger partial charge in [-0.25, -0.2) is 8.42 Å². The third kappa shape index (κ3) is 4.53. The van der Waals surface area contributed by atoms with E-state index in [9.17, 15) is 13.2 Å². The Kier molecular flexibility index (Phi) is 7.20. The predicted molar refractivity (Wildman–Crippen MR) is 93.4 cm³/mol. The van der Waals surface area contributed by atoms with Crippen molar-refractivity contribution < 1.29 is 13.2 Å². The number of ketones is 1. The Morgan fingerprint density at radius 2 is 2.13 bits per heavy atom. The van der Waals surface area contributed by atoms with E-state index in [4.69, 9.17) is 5.73 Å². The van der Waals surface area contributed by atoms with Crippen molar-refractivity contribution in [1.29, 1.82) is 0 Å². The fraction of sp³-hybridized carbons (Fsp3) is 0.562. The van der Waals surface area contributed by atoms with E-state index in [0.717, 1.165) is 12.8 Å². The van der Waals surface area contributed by atoms with Gasteiger partial charge in [0.05, 0.1) is 4.90 Å². The van der Waals surface area contributed by atoms with E-state index < -0.39 is 10.0 Å². The number of carbonyl (C=O) groups is 1. The Morgan fingerprint density at radius 1 is 1.43 bits per heavy atom. The molecular formula is C16H25ClN2O3S. The summed E-state index contributed by atoms with van der Waals surface area (Å²) in [6.07, 6.45) is 2.14. The van der Waals surface area contributed by atoms with Crippen LogP contribution in [0.15, 0.2) is 29.2 Å². The van der Waals surface area contributed by atoms with Crippen LogP contribution in [0, 0.1) is 5.92 Å². The SMILES string of the molecule is CCC(=O)c1cccc(S(=O)(=O)N2CCCC(C(C)N)C2)c1.Cl.